The van der Waals surface area contributed by atoms with Gasteiger partial charge in [-0.05, 0) is 49.8 Å². The first kappa shape index (κ1) is 21.6. The van der Waals surface area contributed by atoms with Crippen molar-refractivity contribution >= 4 is 29.2 Å². The van der Waals surface area contributed by atoms with E-state index in [0.29, 0.717) is 48.9 Å². The summed E-state index contributed by atoms with van der Waals surface area (Å²) in [5, 5.41) is 6.43. The number of amides is 2. The molecule has 3 atom stereocenters. The minimum atomic E-state index is -3.19. The van der Waals surface area contributed by atoms with E-state index in [1.807, 2.05) is 0 Å². The molecule has 10 heteroatoms. The highest BCUT2D eigenvalue weighted by molar-refractivity contribution is 6.31. The van der Waals surface area contributed by atoms with Crippen LogP contribution < -0.4 is 15.4 Å². The van der Waals surface area contributed by atoms with Crippen LogP contribution in [0.1, 0.15) is 49.4 Å². The number of halogens is 3. The molecule has 172 valence electrons. The molecule has 0 saturated heterocycles. The molecule has 2 N–H and O–H groups in total. The Balaban J connectivity index is 1.09. The van der Waals surface area contributed by atoms with Crippen molar-refractivity contribution < 1.29 is 32.6 Å². The zero-order valence-electron chi connectivity index (χ0n) is 17.4. The number of rotatable bonds is 7. The van der Waals surface area contributed by atoms with E-state index in [4.69, 9.17) is 16.3 Å². The Labute approximate surface area is 188 Å². The van der Waals surface area contributed by atoms with Gasteiger partial charge in [-0.1, -0.05) is 11.6 Å². The Bertz CT molecular complexity index is 991. The predicted molar refractivity (Wildman–Crippen MR) is 109 cm³/mol. The van der Waals surface area contributed by atoms with Crippen LogP contribution in [0.15, 0.2) is 18.2 Å². The maximum Gasteiger partial charge on any atom is 0.352 e. The van der Waals surface area contributed by atoms with Gasteiger partial charge in [0.25, 0.3) is 5.91 Å². The van der Waals surface area contributed by atoms with E-state index >= 15 is 0 Å². The minimum Gasteiger partial charge on any atom is -0.479 e. The molecule has 4 aliphatic carbocycles. The maximum absolute atomic E-state index is 12.8. The van der Waals surface area contributed by atoms with Gasteiger partial charge in [0.05, 0.1) is 18.6 Å². The molecule has 1 aromatic carbocycles. The maximum atomic E-state index is 12.8. The molecule has 6 rings (SSSR count). The van der Waals surface area contributed by atoms with Gasteiger partial charge in [0.2, 0.25) is 5.91 Å². The van der Waals surface area contributed by atoms with Gasteiger partial charge in [0, 0.05) is 28.9 Å². The lowest BCUT2D eigenvalue weighted by Gasteiger charge is -2.70. The number of Topliss-reactive ketones (excluding diaryl/α,β-unsaturated/α-hetero) is 1. The van der Waals surface area contributed by atoms with Crippen LogP contribution in [-0.2, 0) is 14.3 Å². The van der Waals surface area contributed by atoms with Gasteiger partial charge in [-0.25, -0.2) is 0 Å². The van der Waals surface area contributed by atoms with Crippen LogP contribution in [0.3, 0.4) is 0 Å². The first-order valence-electron chi connectivity index (χ1n) is 10.6. The molecule has 0 aromatic heterocycles. The summed E-state index contributed by atoms with van der Waals surface area (Å²) in [6, 6.07) is 4.72. The molecule has 1 aromatic rings. The molecule has 32 heavy (non-hydrogen) atoms. The van der Waals surface area contributed by atoms with E-state index in [-0.39, 0.29) is 48.0 Å². The summed E-state index contributed by atoms with van der Waals surface area (Å²) in [5.41, 5.74) is -0.368. The molecule has 7 nitrogen and oxygen atoms in total. The topological polar surface area (TPSA) is 93.7 Å². The second-order valence-electron chi connectivity index (χ2n) is 9.66. The molecule has 0 spiro atoms. The van der Waals surface area contributed by atoms with Crippen LogP contribution in [-0.4, -0.2) is 47.5 Å². The highest BCUT2D eigenvalue weighted by Gasteiger charge is 2.70. The Morgan fingerprint density at radius 2 is 1.88 bits per heavy atom. The second kappa shape index (κ2) is 7.12. The molecule has 5 aliphatic rings. The van der Waals surface area contributed by atoms with Gasteiger partial charge in [-0.2, -0.15) is 8.78 Å². The number of benzene rings is 1. The highest BCUT2D eigenvalue weighted by atomic mass is 35.5. The minimum absolute atomic E-state index is 0.0565. The lowest BCUT2D eigenvalue weighted by molar-refractivity contribution is -0.226. The number of carbonyl (C=O) groups is 3. The summed E-state index contributed by atoms with van der Waals surface area (Å²) >= 11 is 5.92. The van der Waals surface area contributed by atoms with Gasteiger partial charge in [0.1, 0.15) is 5.75 Å². The molecule has 2 bridgehead atoms. The van der Waals surface area contributed by atoms with Crippen LogP contribution in [0.4, 0.5) is 8.78 Å². The average Bonchev–Trinajstić information content (AvgIpc) is 3.43. The van der Waals surface area contributed by atoms with Gasteiger partial charge < -0.3 is 20.1 Å². The van der Waals surface area contributed by atoms with Gasteiger partial charge in [-0.15, -0.1) is 0 Å². The Morgan fingerprint density at radius 3 is 2.53 bits per heavy atom. The lowest BCUT2D eigenvalue weighted by Crippen LogP contribution is -2.84. The van der Waals surface area contributed by atoms with Crippen LogP contribution in [0.25, 0.3) is 0 Å². The third-order valence-electron chi connectivity index (χ3n) is 6.79. The molecule has 0 radical (unpaired) electrons. The third kappa shape index (κ3) is 3.96. The average molecular weight is 469 g/mol. The standard InChI is InChI=1S/C22H23ClF2N2O5/c1-20(24,25)31-7-11-4-13(11)18(29)26-21-8-22(9-21,10-21)27-19(30)17-6-15(28)14-5-12(23)2-3-16(14)32-17/h2-3,5,11,13,17H,4,6-10H2,1H3,(H,26,29)(H,27,30)/t11-,13-,17-,21?,22?/m1/s1. The van der Waals surface area contributed by atoms with E-state index < -0.39 is 17.8 Å². The smallest absolute Gasteiger partial charge is 0.352 e. The van der Waals surface area contributed by atoms with Crippen LogP contribution >= 0.6 is 11.6 Å². The van der Waals surface area contributed by atoms with Crippen molar-refractivity contribution in [1.29, 1.82) is 0 Å². The molecular weight excluding hydrogens is 446 g/mol. The van der Waals surface area contributed by atoms with E-state index in [9.17, 15) is 23.2 Å². The highest BCUT2D eigenvalue weighted by Crippen LogP contribution is 2.61. The van der Waals surface area contributed by atoms with Crippen LogP contribution in [0, 0.1) is 11.8 Å². The molecule has 1 heterocycles. The fourth-order valence-corrected chi connectivity index (χ4v) is 5.37. The molecular formula is C22H23ClF2N2O5. The summed E-state index contributed by atoms with van der Waals surface area (Å²) in [4.78, 5) is 37.5. The predicted octanol–water partition coefficient (Wildman–Crippen LogP) is 2.85. The SMILES string of the molecule is CC(F)(F)OC[C@H]1C[C@H]1C(=O)NC12CC(NC(=O)[C@H]3CC(=O)c4cc(Cl)ccc4O3)(C1)C2. The molecule has 4 saturated carbocycles. The van der Waals surface area contributed by atoms with Gasteiger partial charge in [-0.3, -0.25) is 14.4 Å². The molecule has 2 amide bonds. The van der Waals surface area contributed by atoms with E-state index in [0.717, 1.165) is 0 Å². The van der Waals surface area contributed by atoms with Crippen molar-refractivity contribution in [2.45, 2.75) is 62.3 Å². The number of nitrogens with one attached hydrogen (secondary N) is 2. The van der Waals surface area contributed by atoms with Crippen molar-refractivity contribution in [2.24, 2.45) is 11.8 Å². The third-order valence-corrected chi connectivity index (χ3v) is 7.03. The monoisotopic (exact) mass is 468 g/mol. The van der Waals surface area contributed by atoms with Crippen molar-refractivity contribution in [1.82, 2.24) is 10.6 Å². The normalized spacial score (nSPS) is 34.4. The number of carbonyl (C=O) groups excluding carboxylic acids is 3. The first-order chi connectivity index (χ1) is 15.0. The van der Waals surface area contributed by atoms with E-state index in [2.05, 4.69) is 15.4 Å². The second-order valence-corrected chi connectivity index (χ2v) is 10.1. The molecule has 1 aliphatic heterocycles. The lowest BCUT2D eigenvalue weighted by atomic mass is 9.44. The number of hydrogen-bond acceptors (Lipinski definition) is 5. The number of ether oxygens (including phenoxy) is 2. The quantitative estimate of drug-likeness (QED) is 0.642. The Morgan fingerprint density at radius 1 is 1.22 bits per heavy atom. The van der Waals surface area contributed by atoms with Crippen molar-refractivity contribution in [3.8, 4) is 5.75 Å². The summed E-state index contributed by atoms with van der Waals surface area (Å²) in [6.45, 7) is 0.548. The number of fused-ring (bicyclic) bond motifs is 1. The van der Waals surface area contributed by atoms with Crippen molar-refractivity contribution in [2.75, 3.05) is 6.61 Å². The number of alkyl halides is 2. The number of ketones is 1. The first-order valence-corrected chi connectivity index (χ1v) is 11.0. The Hall–Kier alpha value is -2.26. The summed E-state index contributed by atoms with van der Waals surface area (Å²) in [5.74, 6) is -0.824. The van der Waals surface area contributed by atoms with E-state index in [1.165, 1.54) is 6.07 Å². The van der Waals surface area contributed by atoms with E-state index in [1.54, 1.807) is 12.1 Å². The number of hydrogen-bond donors (Lipinski definition) is 2. The zero-order chi connectivity index (χ0) is 22.9. The van der Waals surface area contributed by atoms with Gasteiger partial charge >= 0.3 is 6.11 Å². The fraction of sp³-hybridized carbons (Fsp3) is 0.591. The molecule has 4 fully saturated rings. The van der Waals surface area contributed by atoms with Gasteiger partial charge in [0.15, 0.2) is 11.9 Å². The summed E-state index contributed by atoms with van der Waals surface area (Å²) in [6.07, 6.45) is -1.80. The summed E-state index contributed by atoms with van der Waals surface area (Å²) < 4.78 is 35.7. The molecule has 0 unspecified atom stereocenters. The van der Waals surface area contributed by atoms with Crippen molar-refractivity contribution in [3.63, 3.8) is 0 Å². The fourth-order valence-electron chi connectivity index (χ4n) is 5.20. The van der Waals surface area contributed by atoms with Crippen molar-refractivity contribution in [3.05, 3.63) is 28.8 Å². The zero-order valence-corrected chi connectivity index (χ0v) is 18.1. The largest absolute Gasteiger partial charge is 0.479 e. The van der Waals surface area contributed by atoms with Crippen LogP contribution in [0.2, 0.25) is 5.02 Å². The van der Waals surface area contributed by atoms with Crippen LogP contribution in [0.5, 0.6) is 5.75 Å². The summed E-state index contributed by atoms with van der Waals surface area (Å²) in [7, 11) is 0. The Kier molecular flexibility index (Phi) is 4.80.